The second-order valence-electron chi connectivity index (χ2n) is 6.38. The summed E-state index contributed by atoms with van der Waals surface area (Å²) in [6.45, 7) is 5.84. The molecule has 0 unspecified atom stereocenters. The zero-order valence-corrected chi connectivity index (χ0v) is 13.9. The van der Waals surface area contributed by atoms with Gasteiger partial charge in [-0.05, 0) is 49.8 Å². The van der Waals surface area contributed by atoms with Crippen LogP contribution in [0.25, 0.3) is 0 Å². The second-order valence-corrected chi connectivity index (χ2v) is 6.38. The van der Waals surface area contributed by atoms with Gasteiger partial charge in [-0.3, -0.25) is 4.79 Å². The van der Waals surface area contributed by atoms with E-state index < -0.39 is 0 Å². The Balaban J connectivity index is 1.48. The number of amides is 1. The number of piperidine rings is 1. The van der Waals surface area contributed by atoms with Crippen molar-refractivity contribution in [2.24, 2.45) is 0 Å². The summed E-state index contributed by atoms with van der Waals surface area (Å²) in [5.74, 6) is 0.259. The lowest BCUT2D eigenvalue weighted by Crippen LogP contribution is -2.39. The highest BCUT2D eigenvalue weighted by atomic mass is 16.2. The molecule has 0 bridgehead atoms. The largest absolute Gasteiger partial charge is 0.343 e. The predicted molar refractivity (Wildman–Crippen MR) is 89.1 cm³/mol. The molecule has 1 aliphatic rings. The van der Waals surface area contributed by atoms with Crippen molar-refractivity contribution in [1.29, 1.82) is 0 Å². The monoisotopic (exact) mass is 312 g/mol. The number of aryl methyl sites for hydroxylation is 3. The van der Waals surface area contributed by atoms with Gasteiger partial charge in [-0.15, -0.1) is 0 Å². The number of aromatic nitrogens is 3. The molecule has 1 saturated heterocycles. The number of rotatable bonds is 4. The number of nitrogens with zero attached hydrogens (tertiary/aromatic N) is 4. The van der Waals surface area contributed by atoms with Gasteiger partial charge in [0.05, 0.1) is 18.4 Å². The molecular formula is C18H24N4O. The molecule has 122 valence electrons. The van der Waals surface area contributed by atoms with E-state index in [1.165, 1.54) is 16.7 Å². The van der Waals surface area contributed by atoms with E-state index in [-0.39, 0.29) is 5.91 Å². The summed E-state index contributed by atoms with van der Waals surface area (Å²) in [7, 11) is 0. The van der Waals surface area contributed by atoms with Crippen LogP contribution in [0.4, 0.5) is 0 Å². The number of benzene rings is 1. The van der Waals surface area contributed by atoms with Crippen molar-refractivity contribution in [2.75, 3.05) is 13.1 Å². The van der Waals surface area contributed by atoms with Crippen molar-refractivity contribution >= 4 is 5.91 Å². The van der Waals surface area contributed by atoms with Crippen LogP contribution in [0.5, 0.6) is 0 Å². The van der Waals surface area contributed by atoms with Gasteiger partial charge >= 0.3 is 0 Å². The Morgan fingerprint density at radius 2 is 1.83 bits per heavy atom. The molecule has 5 nitrogen and oxygen atoms in total. The number of likely N-dealkylation sites (tertiary alicyclic amines) is 1. The van der Waals surface area contributed by atoms with Crippen LogP contribution < -0.4 is 0 Å². The van der Waals surface area contributed by atoms with Gasteiger partial charge in [-0.25, -0.2) is 0 Å². The van der Waals surface area contributed by atoms with Gasteiger partial charge in [-0.1, -0.05) is 18.2 Å². The zero-order valence-electron chi connectivity index (χ0n) is 13.9. The Morgan fingerprint density at radius 3 is 2.48 bits per heavy atom. The minimum Gasteiger partial charge on any atom is -0.343 e. The quantitative estimate of drug-likeness (QED) is 0.872. The average molecular weight is 312 g/mol. The van der Waals surface area contributed by atoms with E-state index >= 15 is 0 Å². The molecule has 0 radical (unpaired) electrons. The third-order valence-electron chi connectivity index (χ3n) is 4.78. The maximum atomic E-state index is 12.4. The standard InChI is InChI=1S/C18H24N4O/c1-14-3-4-16(13-15(14)2)5-6-18(23)21-11-7-17(8-12-21)22-19-9-10-20-22/h3-4,9-10,13,17H,5-8,11-12H2,1-2H3. The fraction of sp³-hybridized carbons (Fsp3) is 0.500. The van der Waals surface area contributed by atoms with Crippen molar-refractivity contribution in [2.45, 2.75) is 45.6 Å². The first-order valence-corrected chi connectivity index (χ1v) is 8.33. The highest BCUT2D eigenvalue weighted by molar-refractivity contribution is 5.76. The van der Waals surface area contributed by atoms with E-state index in [0.29, 0.717) is 12.5 Å². The van der Waals surface area contributed by atoms with Crippen molar-refractivity contribution in [3.05, 3.63) is 47.3 Å². The third kappa shape index (κ3) is 3.78. The van der Waals surface area contributed by atoms with E-state index in [1.807, 2.05) is 4.90 Å². The van der Waals surface area contributed by atoms with E-state index in [4.69, 9.17) is 0 Å². The molecule has 0 aliphatic carbocycles. The van der Waals surface area contributed by atoms with Crippen molar-refractivity contribution < 1.29 is 4.79 Å². The molecule has 0 N–H and O–H groups in total. The topological polar surface area (TPSA) is 51.0 Å². The van der Waals surface area contributed by atoms with Gasteiger partial charge in [0.1, 0.15) is 0 Å². The molecule has 2 heterocycles. The fourth-order valence-electron chi connectivity index (χ4n) is 3.13. The summed E-state index contributed by atoms with van der Waals surface area (Å²) in [5, 5.41) is 8.41. The SMILES string of the molecule is Cc1ccc(CCC(=O)N2CCC(n3nccn3)CC2)cc1C. The van der Waals surface area contributed by atoms with Gasteiger partial charge in [0.25, 0.3) is 0 Å². The molecule has 3 rings (SSSR count). The van der Waals surface area contributed by atoms with Crippen LogP contribution in [-0.4, -0.2) is 38.9 Å². The van der Waals surface area contributed by atoms with E-state index in [2.05, 4.69) is 42.2 Å². The van der Waals surface area contributed by atoms with E-state index in [0.717, 1.165) is 32.4 Å². The Hall–Kier alpha value is -2.17. The molecule has 1 aromatic heterocycles. The molecule has 1 aliphatic heterocycles. The molecule has 0 atom stereocenters. The molecule has 1 amide bonds. The van der Waals surface area contributed by atoms with Crippen molar-refractivity contribution in [3.63, 3.8) is 0 Å². The van der Waals surface area contributed by atoms with Crippen LogP contribution in [0.15, 0.2) is 30.6 Å². The van der Waals surface area contributed by atoms with E-state index in [9.17, 15) is 4.79 Å². The smallest absolute Gasteiger partial charge is 0.222 e. The molecule has 1 aromatic carbocycles. The fourth-order valence-corrected chi connectivity index (χ4v) is 3.13. The van der Waals surface area contributed by atoms with Crippen LogP contribution in [0, 0.1) is 13.8 Å². The summed E-state index contributed by atoms with van der Waals surface area (Å²) >= 11 is 0. The molecule has 0 spiro atoms. The van der Waals surface area contributed by atoms with Gasteiger partial charge in [-0.2, -0.15) is 15.0 Å². The lowest BCUT2D eigenvalue weighted by molar-refractivity contribution is -0.132. The van der Waals surface area contributed by atoms with Crippen molar-refractivity contribution in [3.8, 4) is 0 Å². The number of carbonyl (C=O) groups excluding carboxylic acids is 1. The number of carbonyl (C=O) groups is 1. The Labute approximate surface area is 137 Å². The predicted octanol–water partition coefficient (Wildman–Crippen LogP) is 2.69. The zero-order chi connectivity index (χ0) is 16.2. The Bertz CT molecular complexity index is 658. The van der Waals surface area contributed by atoms with Crippen molar-refractivity contribution in [1.82, 2.24) is 19.9 Å². The van der Waals surface area contributed by atoms with Gasteiger partial charge in [0.2, 0.25) is 5.91 Å². The summed E-state index contributed by atoms with van der Waals surface area (Å²) in [4.78, 5) is 16.2. The molecule has 2 aromatic rings. The number of hydrogen-bond acceptors (Lipinski definition) is 3. The molecule has 23 heavy (non-hydrogen) atoms. The highest BCUT2D eigenvalue weighted by Gasteiger charge is 2.24. The Morgan fingerprint density at radius 1 is 1.13 bits per heavy atom. The lowest BCUT2D eigenvalue weighted by atomic mass is 10.0. The summed E-state index contributed by atoms with van der Waals surface area (Å²) in [6, 6.07) is 6.79. The molecule has 0 saturated carbocycles. The number of hydrogen-bond donors (Lipinski definition) is 0. The summed E-state index contributed by atoms with van der Waals surface area (Å²) < 4.78 is 0. The Kier molecular flexibility index (Phi) is 4.74. The van der Waals surface area contributed by atoms with E-state index in [1.54, 1.807) is 17.2 Å². The van der Waals surface area contributed by atoms with Crippen LogP contribution in [0.3, 0.4) is 0 Å². The normalized spacial score (nSPS) is 15.8. The van der Waals surface area contributed by atoms with Crippen LogP contribution >= 0.6 is 0 Å². The molecule has 5 heteroatoms. The van der Waals surface area contributed by atoms with Gasteiger partial charge < -0.3 is 4.90 Å². The minimum absolute atomic E-state index is 0.259. The minimum atomic E-state index is 0.259. The van der Waals surface area contributed by atoms with Crippen LogP contribution in [0.1, 0.15) is 42.0 Å². The maximum absolute atomic E-state index is 12.4. The second kappa shape index (κ2) is 6.94. The maximum Gasteiger partial charge on any atom is 0.222 e. The summed E-state index contributed by atoms with van der Waals surface area (Å²) in [5.41, 5.74) is 3.84. The lowest BCUT2D eigenvalue weighted by Gasteiger charge is -2.31. The first-order chi connectivity index (χ1) is 11.1. The third-order valence-corrected chi connectivity index (χ3v) is 4.78. The summed E-state index contributed by atoms with van der Waals surface area (Å²) in [6.07, 6.45) is 6.70. The molecular weight excluding hydrogens is 288 g/mol. The van der Waals surface area contributed by atoms with Gasteiger partial charge in [0, 0.05) is 19.5 Å². The first-order valence-electron chi connectivity index (χ1n) is 8.33. The average Bonchev–Trinajstić information content (AvgIpc) is 3.10. The van der Waals surface area contributed by atoms with Gasteiger partial charge in [0.15, 0.2) is 0 Å². The molecule has 1 fully saturated rings. The van der Waals surface area contributed by atoms with Crippen LogP contribution in [0.2, 0.25) is 0 Å². The van der Waals surface area contributed by atoms with Crippen LogP contribution in [-0.2, 0) is 11.2 Å². The highest BCUT2D eigenvalue weighted by Crippen LogP contribution is 2.21. The first kappa shape index (κ1) is 15.7.